The summed E-state index contributed by atoms with van der Waals surface area (Å²) < 4.78 is 6.12. The summed E-state index contributed by atoms with van der Waals surface area (Å²) in [5, 5.41) is 24.0. The minimum atomic E-state index is -0.703. The van der Waals surface area contributed by atoms with E-state index in [0.29, 0.717) is 10.8 Å². The average Bonchev–Trinajstić information content (AvgIpc) is 3.14. The SMILES string of the molecule is COC(=O)c1c(Cl)cc(Cl)cc1NC(=O)CSc1nnnn1-c1ccc(O)cc1. The van der Waals surface area contributed by atoms with Gasteiger partial charge in [-0.25, -0.2) is 4.79 Å². The first-order valence-corrected chi connectivity index (χ1v) is 9.71. The smallest absolute Gasteiger partial charge is 0.341 e. The van der Waals surface area contributed by atoms with E-state index in [1.165, 1.54) is 36.1 Å². The topological polar surface area (TPSA) is 119 Å². The molecule has 29 heavy (non-hydrogen) atoms. The molecule has 0 spiro atoms. The number of methoxy groups -OCH3 is 1. The number of phenols is 1. The fourth-order valence-corrected chi connectivity index (χ4v) is 3.58. The molecule has 0 aliphatic heterocycles. The van der Waals surface area contributed by atoms with Gasteiger partial charge in [0.1, 0.15) is 11.3 Å². The number of carbonyl (C=O) groups excluding carboxylic acids is 2. The van der Waals surface area contributed by atoms with Crippen LogP contribution in [0.1, 0.15) is 10.4 Å². The molecule has 150 valence electrons. The Kier molecular flexibility index (Phi) is 6.57. The monoisotopic (exact) mass is 453 g/mol. The Morgan fingerprint density at radius 2 is 1.97 bits per heavy atom. The molecule has 0 radical (unpaired) electrons. The average molecular weight is 454 g/mol. The van der Waals surface area contributed by atoms with Crippen molar-refractivity contribution in [3.05, 3.63) is 52.0 Å². The summed E-state index contributed by atoms with van der Waals surface area (Å²) in [6.07, 6.45) is 0. The van der Waals surface area contributed by atoms with Crippen LogP contribution in [0.25, 0.3) is 5.69 Å². The third kappa shape index (κ3) is 4.97. The molecule has 0 saturated heterocycles. The van der Waals surface area contributed by atoms with Gasteiger partial charge in [0.05, 0.1) is 29.3 Å². The highest BCUT2D eigenvalue weighted by molar-refractivity contribution is 7.99. The number of halogens is 2. The van der Waals surface area contributed by atoms with Gasteiger partial charge in [-0.2, -0.15) is 4.68 Å². The molecule has 9 nitrogen and oxygen atoms in total. The molecule has 0 atom stereocenters. The standard InChI is InChI=1S/C17H13Cl2N5O4S/c1-28-16(27)15-12(19)6-9(18)7-13(15)20-14(26)8-29-17-21-22-23-24(17)10-2-4-11(25)5-3-10/h2-7,25H,8H2,1H3,(H,20,26). The van der Waals surface area contributed by atoms with Crippen molar-refractivity contribution in [1.82, 2.24) is 20.2 Å². The number of rotatable bonds is 6. The summed E-state index contributed by atoms with van der Waals surface area (Å²) in [5.41, 5.74) is 0.759. The Balaban J connectivity index is 1.73. The molecular weight excluding hydrogens is 441 g/mol. The lowest BCUT2D eigenvalue weighted by Crippen LogP contribution is -2.18. The van der Waals surface area contributed by atoms with E-state index >= 15 is 0 Å². The van der Waals surface area contributed by atoms with Gasteiger partial charge in [0.15, 0.2) is 0 Å². The number of aromatic hydroxyl groups is 1. The first-order valence-electron chi connectivity index (χ1n) is 7.97. The van der Waals surface area contributed by atoms with Crippen LogP contribution in [0, 0.1) is 0 Å². The van der Waals surface area contributed by atoms with Gasteiger partial charge in [0.2, 0.25) is 11.1 Å². The Labute approximate surface area is 178 Å². The van der Waals surface area contributed by atoms with E-state index < -0.39 is 11.9 Å². The number of carbonyl (C=O) groups is 2. The number of nitrogens with zero attached hydrogens (tertiary/aromatic N) is 4. The van der Waals surface area contributed by atoms with E-state index in [4.69, 9.17) is 27.9 Å². The lowest BCUT2D eigenvalue weighted by molar-refractivity contribution is -0.113. The third-order valence-electron chi connectivity index (χ3n) is 3.59. The molecule has 1 amide bonds. The maximum atomic E-state index is 12.4. The van der Waals surface area contributed by atoms with Gasteiger partial charge < -0.3 is 15.2 Å². The van der Waals surface area contributed by atoms with Crippen molar-refractivity contribution >= 4 is 52.5 Å². The number of phenolic OH excluding ortho intramolecular Hbond substituents is 1. The van der Waals surface area contributed by atoms with Crippen LogP contribution in [0.3, 0.4) is 0 Å². The van der Waals surface area contributed by atoms with Gasteiger partial charge in [0, 0.05) is 5.02 Å². The van der Waals surface area contributed by atoms with Gasteiger partial charge in [0.25, 0.3) is 0 Å². The highest BCUT2D eigenvalue weighted by Gasteiger charge is 2.20. The van der Waals surface area contributed by atoms with Crippen molar-refractivity contribution in [2.45, 2.75) is 5.16 Å². The second kappa shape index (κ2) is 9.12. The molecule has 0 bridgehead atoms. The summed E-state index contributed by atoms with van der Waals surface area (Å²) in [7, 11) is 1.21. The number of tetrazole rings is 1. The summed E-state index contributed by atoms with van der Waals surface area (Å²) in [5.74, 6) is -1.08. The van der Waals surface area contributed by atoms with Crippen LogP contribution in [0.4, 0.5) is 5.69 Å². The van der Waals surface area contributed by atoms with Crippen LogP contribution >= 0.6 is 35.0 Å². The van der Waals surface area contributed by atoms with Crippen molar-refractivity contribution in [1.29, 1.82) is 0 Å². The number of anilines is 1. The maximum absolute atomic E-state index is 12.4. The Morgan fingerprint density at radius 3 is 2.66 bits per heavy atom. The van der Waals surface area contributed by atoms with E-state index in [1.54, 1.807) is 12.1 Å². The van der Waals surface area contributed by atoms with Crippen LogP contribution in [0.2, 0.25) is 10.0 Å². The second-order valence-corrected chi connectivity index (χ2v) is 7.31. The zero-order chi connectivity index (χ0) is 21.0. The number of ether oxygens (including phenoxy) is 1. The number of nitrogens with one attached hydrogen (secondary N) is 1. The van der Waals surface area contributed by atoms with Crippen LogP contribution < -0.4 is 5.32 Å². The lowest BCUT2D eigenvalue weighted by Gasteiger charge is -2.12. The highest BCUT2D eigenvalue weighted by Crippen LogP contribution is 2.30. The van der Waals surface area contributed by atoms with E-state index in [1.807, 2.05) is 0 Å². The van der Waals surface area contributed by atoms with Crippen LogP contribution in [0.5, 0.6) is 5.75 Å². The van der Waals surface area contributed by atoms with Gasteiger partial charge in [-0.15, -0.1) is 5.10 Å². The first kappa shape index (κ1) is 20.9. The van der Waals surface area contributed by atoms with Crippen LogP contribution in [-0.2, 0) is 9.53 Å². The number of hydrogen-bond acceptors (Lipinski definition) is 8. The van der Waals surface area contributed by atoms with Crippen molar-refractivity contribution in [2.75, 3.05) is 18.2 Å². The molecule has 0 aliphatic rings. The molecule has 0 fully saturated rings. The molecule has 1 heterocycles. The third-order valence-corrected chi connectivity index (χ3v) is 5.02. The normalized spacial score (nSPS) is 10.6. The summed E-state index contributed by atoms with van der Waals surface area (Å²) >= 11 is 13.1. The second-order valence-electron chi connectivity index (χ2n) is 5.53. The Hall–Kier alpha value is -2.82. The Morgan fingerprint density at radius 1 is 1.24 bits per heavy atom. The molecule has 0 saturated carbocycles. The molecule has 2 N–H and O–H groups in total. The first-order chi connectivity index (χ1) is 13.9. The van der Waals surface area contributed by atoms with Crippen LogP contribution in [-0.4, -0.2) is 50.1 Å². The molecule has 12 heteroatoms. The number of thioether (sulfide) groups is 1. The zero-order valence-electron chi connectivity index (χ0n) is 14.8. The van der Waals surface area contributed by atoms with E-state index in [2.05, 4.69) is 20.8 Å². The van der Waals surface area contributed by atoms with Crippen molar-refractivity contribution in [3.63, 3.8) is 0 Å². The lowest BCUT2D eigenvalue weighted by atomic mass is 10.1. The minimum absolute atomic E-state index is 0.00541. The zero-order valence-corrected chi connectivity index (χ0v) is 17.1. The maximum Gasteiger partial charge on any atom is 0.341 e. The van der Waals surface area contributed by atoms with Gasteiger partial charge in [-0.3, -0.25) is 4.79 Å². The minimum Gasteiger partial charge on any atom is -0.508 e. The van der Waals surface area contributed by atoms with E-state index in [9.17, 15) is 14.7 Å². The number of amides is 1. The van der Waals surface area contributed by atoms with E-state index in [-0.39, 0.29) is 32.8 Å². The number of aromatic nitrogens is 4. The molecule has 3 rings (SSSR count). The van der Waals surface area contributed by atoms with Gasteiger partial charge in [-0.05, 0) is 46.8 Å². The molecule has 0 aliphatic carbocycles. The predicted octanol–water partition coefficient (Wildman–Crippen LogP) is 3.19. The molecule has 3 aromatic rings. The molecule has 2 aromatic carbocycles. The number of benzene rings is 2. The molecule has 1 aromatic heterocycles. The van der Waals surface area contributed by atoms with E-state index in [0.717, 1.165) is 11.8 Å². The fourth-order valence-electron chi connectivity index (χ4n) is 2.32. The summed E-state index contributed by atoms with van der Waals surface area (Å²) in [4.78, 5) is 24.4. The summed E-state index contributed by atoms with van der Waals surface area (Å²) in [6, 6.07) is 9.04. The van der Waals surface area contributed by atoms with Crippen molar-refractivity contribution in [2.24, 2.45) is 0 Å². The predicted molar refractivity (Wildman–Crippen MR) is 108 cm³/mol. The molecule has 0 unspecified atom stereocenters. The highest BCUT2D eigenvalue weighted by atomic mass is 35.5. The largest absolute Gasteiger partial charge is 0.508 e. The number of esters is 1. The molecular formula is C17H13Cl2N5O4S. The van der Waals surface area contributed by atoms with Crippen LogP contribution in [0.15, 0.2) is 41.6 Å². The summed E-state index contributed by atoms with van der Waals surface area (Å²) in [6.45, 7) is 0. The Bertz CT molecular complexity index is 1060. The van der Waals surface area contributed by atoms with Gasteiger partial charge in [-0.1, -0.05) is 35.0 Å². The van der Waals surface area contributed by atoms with Crippen molar-refractivity contribution in [3.8, 4) is 11.4 Å². The number of hydrogen-bond donors (Lipinski definition) is 2. The quantitative estimate of drug-likeness (QED) is 0.431. The van der Waals surface area contributed by atoms with Crippen molar-refractivity contribution < 1.29 is 19.4 Å². The fraction of sp³-hybridized carbons (Fsp3) is 0.118. The van der Waals surface area contributed by atoms with Gasteiger partial charge >= 0.3 is 5.97 Å².